The van der Waals surface area contributed by atoms with Gasteiger partial charge in [0, 0.05) is 11.4 Å². The van der Waals surface area contributed by atoms with Crippen LogP contribution in [0.5, 0.6) is 0 Å². The van der Waals surface area contributed by atoms with Gasteiger partial charge < -0.3 is 10.6 Å². The van der Waals surface area contributed by atoms with Gasteiger partial charge in [0.1, 0.15) is 0 Å². The summed E-state index contributed by atoms with van der Waals surface area (Å²) in [6.07, 6.45) is 0. The van der Waals surface area contributed by atoms with Gasteiger partial charge in [-0.3, -0.25) is 0 Å². The Kier molecular flexibility index (Phi) is 4.91. The molecule has 4 aromatic rings. The molecule has 0 atom stereocenters. The number of aromatic nitrogens is 2. The number of nitrogens with one attached hydrogen (secondary N) is 2. The van der Waals surface area contributed by atoms with E-state index >= 15 is 0 Å². The van der Waals surface area contributed by atoms with Crippen LogP contribution in [0.4, 0.5) is 23.1 Å². The predicted molar refractivity (Wildman–Crippen MR) is 121 cm³/mol. The number of hydrogen-bond donors (Lipinski definition) is 2. The van der Waals surface area contributed by atoms with Gasteiger partial charge in [-0.2, -0.15) is 10.2 Å². The van der Waals surface area contributed by atoms with E-state index in [1.165, 1.54) is 16.7 Å². The molecule has 2 N–H and O–H groups in total. The van der Waals surface area contributed by atoms with E-state index in [1.807, 2.05) is 12.1 Å². The van der Waals surface area contributed by atoms with Crippen molar-refractivity contribution in [3.63, 3.8) is 0 Å². The standard InChI is InChI=1S/C23H21N5S/c1-13-9-14(2)19(15(3)10-13)26-22-21-20(16(4)12-29-21)27-23(28-22)25-18-7-5-17(11-24)6-8-18/h5-10,12H,1-4H3,(H2,25,26,27,28). The number of benzene rings is 2. The molecule has 0 unspecified atom stereocenters. The molecule has 4 rings (SSSR count). The summed E-state index contributed by atoms with van der Waals surface area (Å²) in [4.78, 5) is 9.48. The molecule has 0 bridgehead atoms. The Hall–Kier alpha value is -3.43. The maximum Gasteiger partial charge on any atom is 0.229 e. The molecule has 2 aromatic carbocycles. The van der Waals surface area contributed by atoms with Gasteiger partial charge in [-0.05, 0) is 74.0 Å². The number of rotatable bonds is 4. The van der Waals surface area contributed by atoms with Gasteiger partial charge in [0.15, 0.2) is 5.82 Å². The minimum atomic E-state index is 0.522. The first-order chi connectivity index (χ1) is 13.9. The summed E-state index contributed by atoms with van der Waals surface area (Å²) in [5, 5.41) is 17.9. The highest BCUT2D eigenvalue weighted by atomic mass is 32.1. The third-order valence-corrected chi connectivity index (χ3v) is 5.88. The number of thiophene rings is 1. The summed E-state index contributed by atoms with van der Waals surface area (Å²) in [5.41, 5.74) is 8.20. The first kappa shape index (κ1) is 18.9. The second kappa shape index (κ2) is 7.53. The Morgan fingerprint density at radius 3 is 2.24 bits per heavy atom. The maximum atomic E-state index is 8.98. The Balaban J connectivity index is 1.76. The summed E-state index contributed by atoms with van der Waals surface area (Å²) < 4.78 is 1.03. The van der Waals surface area contributed by atoms with E-state index in [0.717, 1.165) is 33.0 Å². The van der Waals surface area contributed by atoms with Crippen molar-refractivity contribution in [1.29, 1.82) is 5.26 Å². The van der Waals surface area contributed by atoms with Gasteiger partial charge in [0.25, 0.3) is 0 Å². The molecule has 5 nitrogen and oxygen atoms in total. The minimum Gasteiger partial charge on any atom is -0.338 e. The van der Waals surface area contributed by atoms with Crippen molar-refractivity contribution in [2.24, 2.45) is 0 Å². The molecule has 6 heteroatoms. The fraction of sp³-hybridized carbons (Fsp3) is 0.174. The lowest BCUT2D eigenvalue weighted by Gasteiger charge is -2.15. The highest BCUT2D eigenvalue weighted by Crippen LogP contribution is 2.34. The number of hydrogen-bond acceptors (Lipinski definition) is 6. The molecule has 0 radical (unpaired) electrons. The zero-order valence-electron chi connectivity index (χ0n) is 16.8. The zero-order chi connectivity index (χ0) is 20.5. The molecular formula is C23H21N5S. The van der Waals surface area contributed by atoms with Crippen molar-refractivity contribution >= 4 is 44.7 Å². The Morgan fingerprint density at radius 2 is 1.59 bits per heavy atom. The summed E-state index contributed by atoms with van der Waals surface area (Å²) in [5.74, 6) is 1.31. The first-order valence-corrected chi connectivity index (χ1v) is 10.2. The van der Waals surface area contributed by atoms with E-state index in [-0.39, 0.29) is 0 Å². The zero-order valence-corrected chi connectivity index (χ0v) is 17.6. The van der Waals surface area contributed by atoms with Crippen molar-refractivity contribution in [2.45, 2.75) is 27.7 Å². The normalized spacial score (nSPS) is 10.7. The molecule has 0 fully saturated rings. The molecule has 0 aliphatic rings. The highest BCUT2D eigenvalue weighted by molar-refractivity contribution is 7.18. The molecule has 0 saturated heterocycles. The molecule has 0 aliphatic carbocycles. The second-order valence-corrected chi connectivity index (χ2v) is 8.08. The number of nitriles is 1. The highest BCUT2D eigenvalue weighted by Gasteiger charge is 2.14. The Morgan fingerprint density at radius 1 is 0.897 bits per heavy atom. The lowest BCUT2D eigenvalue weighted by atomic mass is 10.1. The van der Waals surface area contributed by atoms with Crippen LogP contribution >= 0.6 is 11.3 Å². The minimum absolute atomic E-state index is 0.522. The fourth-order valence-electron chi connectivity index (χ4n) is 3.43. The van der Waals surface area contributed by atoms with Crippen molar-refractivity contribution in [2.75, 3.05) is 10.6 Å². The molecule has 0 saturated carbocycles. The van der Waals surface area contributed by atoms with Crippen LogP contribution in [0.3, 0.4) is 0 Å². The topological polar surface area (TPSA) is 73.6 Å². The van der Waals surface area contributed by atoms with Crippen molar-refractivity contribution in [3.05, 3.63) is 69.6 Å². The molecule has 2 aromatic heterocycles. The van der Waals surface area contributed by atoms with E-state index in [2.05, 4.69) is 61.9 Å². The predicted octanol–water partition coefficient (Wildman–Crippen LogP) is 6.28. The Labute approximate surface area is 174 Å². The lowest BCUT2D eigenvalue weighted by molar-refractivity contribution is 1.20. The van der Waals surface area contributed by atoms with Gasteiger partial charge in [-0.1, -0.05) is 17.7 Å². The SMILES string of the molecule is Cc1cc(C)c(Nc2nc(Nc3ccc(C#N)cc3)nc3c(C)csc23)c(C)c1. The van der Waals surface area contributed by atoms with Crippen LogP contribution in [0.15, 0.2) is 41.8 Å². The van der Waals surface area contributed by atoms with Crippen LogP contribution in [-0.4, -0.2) is 9.97 Å². The molecule has 144 valence electrons. The van der Waals surface area contributed by atoms with Gasteiger partial charge in [0.05, 0.1) is 21.8 Å². The van der Waals surface area contributed by atoms with Gasteiger partial charge in [-0.15, -0.1) is 11.3 Å². The van der Waals surface area contributed by atoms with E-state index in [4.69, 9.17) is 15.2 Å². The maximum absolute atomic E-state index is 8.98. The van der Waals surface area contributed by atoms with Crippen LogP contribution in [0, 0.1) is 39.0 Å². The molecule has 29 heavy (non-hydrogen) atoms. The molecule has 0 spiro atoms. The quantitative estimate of drug-likeness (QED) is 0.422. The number of nitrogens with zero attached hydrogens (tertiary/aromatic N) is 3. The third kappa shape index (κ3) is 3.78. The monoisotopic (exact) mass is 399 g/mol. The van der Waals surface area contributed by atoms with Crippen LogP contribution < -0.4 is 10.6 Å². The second-order valence-electron chi connectivity index (χ2n) is 7.21. The van der Waals surface area contributed by atoms with E-state index in [1.54, 1.807) is 23.5 Å². The molecule has 0 aliphatic heterocycles. The molecular weight excluding hydrogens is 378 g/mol. The average Bonchev–Trinajstić information content (AvgIpc) is 3.06. The van der Waals surface area contributed by atoms with Crippen molar-refractivity contribution in [3.8, 4) is 6.07 Å². The van der Waals surface area contributed by atoms with Crippen LogP contribution in [0.2, 0.25) is 0 Å². The summed E-state index contributed by atoms with van der Waals surface area (Å²) in [6, 6.07) is 13.7. The average molecular weight is 400 g/mol. The first-order valence-electron chi connectivity index (χ1n) is 9.32. The number of aryl methyl sites for hydroxylation is 4. The van der Waals surface area contributed by atoms with Gasteiger partial charge >= 0.3 is 0 Å². The van der Waals surface area contributed by atoms with Gasteiger partial charge in [0.2, 0.25) is 5.95 Å². The smallest absolute Gasteiger partial charge is 0.229 e. The largest absolute Gasteiger partial charge is 0.338 e. The summed E-state index contributed by atoms with van der Waals surface area (Å²) in [7, 11) is 0. The Bertz CT molecular complexity index is 1230. The van der Waals surface area contributed by atoms with E-state index in [9.17, 15) is 0 Å². The lowest BCUT2D eigenvalue weighted by Crippen LogP contribution is -2.03. The van der Waals surface area contributed by atoms with Crippen LogP contribution in [0.1, 0.15) is 27.8 Å². The third-order valence-electron chi connectivity index (χ3n) is 4.78. The fourth-order valence-corrected chi connectivity index (χ4v) is 4.36. The summed E-state index contributed by atoms with van der Waals surface area (Å²) in [6.45, 7) is 8.38. The van der Waals surface area contributed by atoms with E-state index in [0.29, 0.717) is 11.5 Å². The number of fused-ring (bicyclic) bond motifs is 1. The number of anilines is 4. The van der Waals surface area contributed by atoms with Crippen molar-refractivity contribution < 1.29 is 0 Å². The van der Waals surface area contributed by atoms with Crippen molar-refractivity contribution in [1.82, 2.24) is 9.97 Å². The van der Waals surface area contributed by atoms with Crippen LogP contribution in [0.25, 0.3) is 10.2 Å². The van der Waals surface area contributed by atoms with E-state index < -0.39 is 0 Å². The molecule has 0 amide bonds. The van der Waals surface area contributed by atoms with Crippen LogP contribution in [-0.2, 0) is 0 Å². The summed E-state index contributed by atoms with van der Waals surface area (Å²) >= 11 is 1.64. The molecule has 2 heterocycles. The van der Waals surface area contributed by atoms with Gasteiger partial charge in [-0.25, -0.2) is 4.98 Å².